The minimum atomic E-state index is -3.58. The molecule has 1 aliphatic heterocycles. The number of sulfonamides is 1. The molecule has 1 unspecified atom stereocenters. The van der Waals surface area contributed by atoms with Gasteiger partial charge in [-0.25, -0.2) is 18.1 Å². The van der Waals surface area contributed by atoms with E-state index in [0.717, 1.165) is 19.4 Å². The van der Waals surface area contributed by atoms with Gasteiger partial charge >= 0.3 is 0 Å². The molecule has 1 aromatic heterocycles. The van der Waals surface area contributed by atoms with E-state index in [2.05, 4.69) is 35.9 Å². The molecule has 1 fully saturated rings. The van der Waals surface area contributed by atoms with E-state index < -0.39 is 10.0 Å². The molecule has 2 heterocycles. The van der Waals surface area contributed by atoms with Crippen LogP contribution >= 0.6 is 15.9 Å². The lowest BCUT2D eigenvalue weighted by Crippen LogP contribution is -2.44. The maximum atomic E-state index is 12.5. The number of anilines is 1. The van der Waals surface area contributed by atoms with Crippen molar-refractivity contribution in [1.29, 1.82) is 0 Å². The zero-order chi connectivity index (χ0) is 15.5. The highest BCUT2D eigenvalue weighted by Gasteiger charge is 2.24. The summed E-state index contributed by atoms with van der Waals surface area (Å²) in [7, 11) is 0.116. The van der Waals surface area contributed by atoms with Gasteiger partial charge in [0, 0.05) is 30.3 Å². The van der Waals surface area contributed by atoms with Crippen molar-refractivity contribution in [2.45, 2.75) is 30.2 Å². The van der Waals surface area contributed by atoms with Gasteiger partial charge in [-0.05, 0) is 48.4 Å². The quantitative estimate of drug-likeness (QED) is 0.816. The SMILES string of the molecule is CNc1ncc(Br)cc1S(=O)(=O)NCC1CCCCN1C. The Hall–Kier alpha value is -0.700. The third-order valence-electron chi connectivity index (χ3n) is 3.78. The topological polar surface area (TPSA) is 74.3 Å². The molecule has 8 heteroatoms. The summed E-state index contributed by atoms with van der Waals surface area (Å²) in [5, 5.41) is 2.81. The molecule has 2 rings (SSSR count). The zero-order valence-corrected chi connectivity index (χ0v) is 14.7. The molecule has 0 amide bonds. The number of pyridine rings is 1. The molecule has 118 valence electrons. The molecule has 0 aliphatic carbocycles. The summed E-state index contributed by atoms with van der Waals surface area (Å²) in [6.07, 6.45) is 4.92. The molecule has 0 radical (unpaired) electrons. The lowest BCUT2D eigenvalue weighted by molar-refractivity contribution is 0.187. The van der Waals surface area contributed by atoms with Crippen molar-refractivity contribution in [1.82, 2.24) is 14.6 Å². The van der Waals surface area contributed by atoms with Crippen molar-refractivity contribution >= 4 is 31.8 Å². The summed E-state index contributed by atoms with van der Waals surface area (Å²) in [5.74, 6) is 0.350. The number of hydrogen-bond donors (Lipinski definition) is 2. The zero-order valence-electron chi connectivity index (χ0n) is 12.3. The number of aromatic nitrogens is 1. The van der Waals surface area contributed by atoms with E-state index in [1.54, 1.807) is 19.3 Å². The second-order valence-electron chi connectivity index (χ2n) is 5.23. The van der Waals surface area contributed by atoms with Crippen molar-refractivity contribution in [2.75, 3.05) is 32.5 Å². The molecule has 1 atom stereocenters. The fourth-order valence-electron chi connectivity index (χ4n) is 2.50. The number of likely N-dealkylation sites (N-methyl/N-ethyl adjacent to an activating group) is 1. The van der Waals surface area contributed by atoms with Crippen LogP contribution in [0.2, 0.25) is 0 Å². The van der Waals surface area contributed by atoms with Crippen molar-refractivity contribution in [3.63, 3.8) is 0 Å². The smallest absolute Gasteiger partial charge is 0.244 e. The fraction of sp³-hybridized carbons (Fsp3) is 0.615. The molecule has 0 aromatic carbocycles. The van der Waals surface area contributed by atoms with Crippen LogP contribution in [0.15, 0.2) is 21.6 Å². The maximum absolute atomic E-state index is 12.5. The van der Waals surface area contributed by atoms with Gasteiger partial charge in [-0.3, -0.25) is 0 Å². The van der Waals surface area contributed by atoms with Crippen LogP contribution in [0.25, 0.3) is 0 Å². The summed E-state index contributed by atoms with van der Waals surface area (Å²) in [5.41, 5.74) is 0. The molecule has 1 saturated heterocycles. The highest BCUT2D eigenvalue weighted by Crippen LogP contribution is 2.23. The highest BCUT2D eigenvalue weighted by atomic mass is 79.9. The Kier molecular flexibility index (Phi) is 5.59. The molecule has 1 aliphatic rings. The minimum absolute atomic E-state index is 0.165. The van der Waals surface area contributed by atoms with Gasteiger partial charge in [-0.2, -0.15) is 0 Å². The summed E-state index contributed by atoms with van der Waals surface area (Å²) < 4.78 is 28.3. The van der Waals surface area contributed by atoms with E-state index in [-0.39, 0.29) is 10.9 Å². The van der Waals surface area contributed by atoms with Gasteiger partial charge in [0.15, 0.2) is 0 Å². The average Bonchev–Trinajstić information content (AvgIpc) is 2.46. The standard InChI is InChI=1S/C13H21BrN4O2S/c1-15-13-12(7-10(14)8-16-13)21(19,20)17-9-11-5-3-4-6-18(11)2/h7-8,11,17H,3-6,9H2,1-2H3,(H,15,16). The van der Waals surface area contributed by atoms with Gasteiger partial charge in [0.2, 0.25) is 10.0 Å². The molecular formula is C13H21BrN4O2S. The van der Waals surface area contributed by atoms with Crippen LogP contribution in [-0.4, -0.2) is 51.5 Å². The maximum Gasteiger partial charge on any atom is 0.244 e. The molecule has 1 aromatic rings. The fourth-order valence-corrected chi connectivity index (χ4v) is 4.24. The van der Waals surface area contributed by atoms with Gasteiger partial charge < -0.3 is 10.2 Å². The van der Waals surface area contributed by atoms with Crippen LogP contribution in [0.1, 0.15) is 19.3 Å². The predicted octanol–water partition coefficient (Wildman–Crippen LogP) is 1.65. The number of piperidine rings is 1. The second-order valence-corrected chi connectivity index (χ2v) is 7.88. The first kappa shape index (κ1) is 16.7. The van der Waals surface area contributed by atoms with Crippen molar-refractivity contribution in [3.05, 3.63) is 16.7 Å². The monoisotopic (exact) mass is 376 g/mol. The second kappa shape index (κ2) is 7.04. The summed E-state index contributed by atoms with van der Waals surface area (Å²) >= 11 is 3.26. The van der Waals surface area contributed by atoms with Crippen LogP contribution < -0.4 is 10.0 Å². The van der Waals surface area contributed by atoms with Crippen molar-refractivity contribution < 1.29 is 8.42 Å². The number of nitrogens with one attached hydrogen (secondary N) is 2. The number of rotatable bonds is 5. The Morgan fingerprint density at radius 2 is 2.24 bits per heavy atom. The predicted molar refractivity (Wildman–Crippen MR) is 86.9 cm³/mol. The van der Waals surface area contributed by atoms with Crippen molar-refractivity contribution in [2.24, 2.45) is 0 Å². The number of hydrogen-bond acceptors (Lipinski definition) is 5. The normalized spacial score (nSPS) is 20.4. The Bertz CT molecular complexity index is 594. The molecule has 6 nitrogen and oxygen atoms in total. The minimum Gasteiger partial charge on any atom is -0.372 e. The summed E-state index contributed by atoms with van der Waals surface area (Å²) in [4.78, 5) is 6.46. The van der Waals surface area contributed by atoms with Gasteiger partial charge in [0.25, 0.3) is 0 Å². The third kappa shape index (κ3) is 4.15. The summed E-state index contributed by atoms with van der Waals surface area (Å²) in [6, 6.07) is 1.82. The molecule has 0 spiro atoms. The number of halogens is 1. The van der Waals surface area contributed by atoms with Crippen LogP contribution in [0, 0.1) is 0 Å². The summed E-state index contributed by atoms with van der Waals surface area (Å²) in [6.45, 7) is 1.45. The lowest BCUT2D eigenvalue weighted by Gasteiger charge is -2.32. The Morgan fingerprint density at radius 1 is 1.48 bits per heavy atom. The lowest BCUT2D eigenvalue weighted by atomic mass is 10.0. The van der Waals surface area contributed by atoms with Crippen molar-refractivity contribution in [3.8, 4) is 0 Å². The highest BCUT2D eigenvalue weighted by molar-refractivity contribution is 9.10. The first-order valence-electron chi connectivity index (χ1n) is 6.97. The molecule has 0 bridgehead atoms. The van der Waals surface area contributed by atoms with E-state index in [0.29, 0.717) is 16.8 Å². The molecule has 0 saturated carbocycles. The van der Waals surface area contributed by atoms with E-state index >= 15 is 0 Å². The molecular weight excluding hydrogens is 356 g/mol. The third-order valence-corrected chi connectivity index (χ3v) is 5.65. The van der Waals surface area contributed by atoms with Gasteiger partial charge in [0.1, 0.15) is 10.7 Å². The first-order valence-corrected chi connectivity index (χ1v) is 9.25. The van der Waals surface area contributed by atoms with E-state index in [1.165, 1.54) is 6.42 Å². The van der Waals surface area contributed by atoms with E-state index in [4.69, 9.17) is 0 Å². The van der Waals surface area contributed by atoms with Crippen LogP contribution in [-0.2, 0) is 10.0 Å². The Balaban J connectivity index is 2.13. The molecule has 2 N–H and O–H groups in total. The van der Waals surface area contributed by atoms with Crippen LogP contribution in [0.5, 0.6) is 0 Å². The number of likely N-dealkylation sites (tertiary alicyclic amines) is 1. The average molecular weight is 377 g/mol. The first-order chi connectivity index (χ1) is 9.94. The Labute approximate surface area is 134 Å². The van der Waals surface area contributed by atoms with Crippen LogP contribution in [0.4, 0.5) is 5.82 Å². The Morgan fingerprint density at radius 3 is 2.90 bits per heavy atom. The van der Waals surface area contributed by atoms with E-state index in [9.17, 15) is 8.42 Å². The largest absolute Gasteiger partial charge is 0.372 e. The van der Waals surface area contributed by atoms with Crippen LogP contribution in [0.3, 0.4) is 0 Å². The van der Waals surface area contributed by atoms with Gasteiger partial charge in [-0.15, -0.1) is 0 Å². The van der Waals surface area contributed by atoms with Gasteiger partial charge in [-0.1, -0.05) is 6.42 Å². The van der Waals surface area contributed by atoms with E-state index in [1.807, 2.05) is 7.05 Å². The number of nitrogens with zero attached hydrogens (tertiary/aromatic N) is 2. The van der Waals surface area contributed by atoms with Gasteiger partial charge in [0.05, 0.1) is 0 Å². The molecule has 21 heavy (non-hydrogen) atoms.